The van der Waals surface area contributed by atoms with Crippen LogP contribution in [0.15, 0.2) is 4.99 Å². The zero-order valence-corrected chi connectivity index (χ0v) is 16.8. The summed E-state index contributed by atoms with van der Waals surface area (Å²) in [7, 11) is 2.12. The van der Waals surface area contributed by atoms with E-state index in [-0.39, 0.29) is 36.0 Å². The highest BCUT2D eigenvalue weighted by Crippen LogP contribution is 2.06. The van der Waals surface area contributed by atoms with E-state index in [4.69, 9.17) is 9.73 Å². The second-order valence-corrected chi connectivity index (χ2v) is 5.94. The number of rotatable bonds is 3. The first kappa shape index (κ1) is 20.4. The Bertz CT molecular complexity index is 399. The number of aliphatic imine (C=N–C) groups is 1. The monoisotopic (exact) mass is 439 g/mol. The minimum Gasteiger partial charge on any atom is -0.374 e. The van der Waals surface area contributed by atoms with Crippen LogP contribution in [0.1, 0.15) is 13.8 Å². The first-order valence-corrected chi connectivity index (χ1v) is 8.19. The van der Waals surface area contributed by atoms with Gasteiger partial charge in [0.2, 0.25) is 5.91 Å². The van der Waals surface area contributed by atoms with Gasteiger partial charge in [0, 0.05) is 52.7 Å². The van der Waals surface area contributed by atoms with Crippen molar-refractivity contribution in [3.8, 4) is 0 Å². The third-order valence-corrected chi connectivity index (χ3v) is 4.15. The lowest BCUT2D eigenvalue weighted by Gasteiger charge is -2.36. The molecule has 2 fully saturated rings. The van der Waals surface area contributed by atoms with Crippen LogP contribution in [0.2, 0.25) is 0 Å². The summed E-state index contributed by atoms with van der Waals surface area (Å²) in [6.45, 7) is 11.1. The van der Waals surface area contributed by atoms with Crippen LogP contribution in [-0.4, -0.2) is 98.7 Å². The molecule has 1 unspecified atom stereocenters. The van der Waals surface area contributed by atoms with Crippen LogP contribution in [0.4, 0.5) is 0 Å². The van der Waals surface area contributed by atoms with Gasteiger partial charge in [-0.05, 0) is 14.0 Å². The average Bonchev–Trinajstić information content (AvgIpc) is 2.51. The van der Waals surface area contributed by atoms with Crippen LogP contribution in [-0.2, 0) is 9.53 Å². The molecule has 0 bridgehead atoms. The van der Waals surface area contributed by atoms with E-state index < -0.39 is 0 Å². The highest BCUT2D eigenvalue weighted by atomic mass is 127. The molecule has 1 amide bonds. The van der Waals surface area contributed by atoms with Gasteiger partial charge in [0.1, 0.15) is 0 Å². The molecule has 2 rings (SSSR count). The van der Waals surface area contributed by atoms with E-state index in [0.29, 0.717) is 6.54 Å². The lowest BCUT2D eigenvalue weighted by Crippen LogP contribution is -2.53. The van der Waals surface area contributed by atoms with E-state index in [1.165, 1.54) is 0 Å². The van der Waals surface area contributed by atoms with Gasteiger partial charge in [0.25, 0.3) is 0 Å². The summed E-state index contributed by atoms with van der Waals surface area (Å²) in [5.41, 5.74) is 0. The van der Waals surface area contributed by atoms with Gasteiger partial charge in [-0.2, -0.15) is 0 Å². The Labute approximate surface area is 156 Å². The van der Waals surface area contributed by atoms with Crippen LogP contribution in [0.5, 0.6) is 0 Å². The van der Waals surface area contributed by atoms with E-state index in [1.807, 2.05) is 4.90 Å². The fourth-order valence-electron chi connectivity index (χ4n) is 2.82. The van der Waals surface area contributed by atoms with Gasteiger partial charge in [0.05, 0.1) is 19.3 Å². The average molecular weight is 439 g/mol. The van der Waals surface area contributed by atoms with Crippen LogP contribution >= 0.6 is 24.0 Å². The molecule has 2 aliphatic heterocycles. The van der Waals surface area contributed by atoms with Crippen LogP contribution in [0.25, 0.3) is 0 Å². The number of nitrogens with zero attached hydrogens (tertiary/aromatic N) is 4. The van der Waals surface area contributed by atoms with Gasteiger partial charge in [-0.1, -0.05) is 0 Å². The first-order chi connectivity index (χ1) is 10.6. The van der Waals surface area contributed by atoms with Gasteiger partial charge in [-0.15, -0.1) is 24.0 Å². The maximum Gasteiger partial charge on any atom is 0.219 e. The number of carbonyl (C=O) groups is 1. The van der Waals surface area contributed by atoms with E-state index in [2.05, 4.69) is 29.1 Å². The Morgan fingerprint density at radius 2 is 1.87 bits per heavy atom. The van der Waals surface area contributed by atoms with Crippen molar-refractivity contribution in [3.63, 3.8) is 0 Å². The highest BCUT2D eigenvalue weighted by molar-refractivity contribution is 14.0. The molecule has 0 aromatic rings. The zero-order chi connectivity index (χ0) is 15.9. The largest absolute Gasteiger partial charge is 0.374 e. The number of piperazine rings is 1. The van der Waals surface area contributed by atoms with Crippen molar-refractivity contribution >= 4 is 35.8 Å². The fraction of sp³-hybridized carbons (Fsp3) is 0.867. The number of nitrogens with one attached hydrogen (secondary N) is 1. The summed E-state index contributed by atoms with van der Waals surface area (Å²) in [6, 6.07) is 0. The number of ether oxygens (including phenoxy) is 1. The summed E-state index contributed by atoms with van der Waals surface area (Å²) in [5, 5.41) is 3.35. The lowest BCUT2D eigenvalue weighted by molar-refractivity contribution is -0.130. The maximum atomic E-state index is 11.4. The molecule has 2 aliphatic rings. The van der Waals surface area contributed by atoms with E-state index in [9.17, 15) is 4.79 Å². The van der Waals surface area contributed by atoms with Gasteiger partial charge >= 0.3 is 0 Å². The maximum absolute atomic E-state index is 11.4. The van der Waals surface area contributed by atoms with Crippen molar-refractivity contribution in [1.82, 2.24) is 20.0 Å². The zero-order valence-electron chi connectivity index (χ0n) is 14.5. The van der Waals surface area contributed by atoms with Gasteiger partial charge in [-0.25, -0.2) is 0 Å². The van der Waals surface area contributed by atoms with E-state index >= 15 is 0 Å². The Balaban J connectivity index is 0.00000264. The number of likely N-dealkylation sites (N-methyl/N-ethyl adjacent to an activating group) is 1. The Morgan fingerprint density at radius 1 is 1.22 bits per heavy atom. The molecule has 0 aromatic carbocycles. The first-order valence-electron chi connectivity index (χ1n) is 8.19. The molecule has 0 saturated carbocycles. The smallest absolute Gasteiger partial charge is 0.219 e. The van der Waals surface area contributed by atoms with Crippen LogP contribution in [0.3, 0.4) is 0 Å². The standard InChI is InChI=1S/C15H29N5O2.HI/c1-4-16-15(17-11-14-12-18(3)9-10-22-14)20-7-5-19(6-8-20)13(2)21;/h14H,4-12H2,1-3H3,(H,16,17);1H. The molecule has 0 radical (unpaired) electrons. The molecule has 0 aromatic heterocycles. The summed E-state index contributed by atoms with van der Waals surface area (Å²) >= 11 is 0. The SMILES string of the molecule is CCNC(=NCC1CN(C)CCO1)N1CCN(C(C)=O)CC1.I. The van der Waals surface area contributed by atoms with Crippen molar-refractivity contribution < 1.29 is 9.53 Å². The van der Waals surface area contributed by atoms with E-state index in [1.54, 1.807) is 6.92 Å². The molecule has 134 valence electrons. The normalized spacial score (nSPS) is 23.4. The third-order valence-electron chi connectivity index (χ3n) is 4.15. The number of hydrogen-bond donors (Lipinski definition) is 1. The van der Waals surface area contributed by atoms with Crippen molar-refractivity contribution in [2.75, 3.05) is 66.0 Å². The molecule has 8 heteroatoms. The number of guanidine groups is 1. The van der Waals surface area contributed by atoms with Crippen molar-refractivity contribution in [2.24, 2.45) is 4.99 Å². The number of morpholine rings is 1. The van der Waals surface area contributed by atoms with Gasteiger partial charge in [-0.3, -0.25) is 9.79 Å². The third kappa shape index (κ3) is 6.42. The molecule has 0 aliphatic carbocycles. The topological polar surface area (TPSA) is 60.4 Å². The quantitative estimate of drug-likeness (QED) is 0.383. The molecule has 1 atom stereocenters. The van der Waals surface area contributed by atoms with E-state index in [0.717, 1.165) is 58.4 Å². The second-order valence-electron chi connectivity index (χ2n) is 5.94. The number of hydrogen-bond acceptors (Lipinski definition) is 4. The number of carbonyl (C=O) groups excluding carboxylic acids is 1. The second kappa shape index (κ2) is 10.3. The van der Waals surface area contributed by atoms with Crippen LogP contribution in [0, 0.1) is 0 Å². The summed E-state index contributed by atoms with van der Waals surface area (Å²) in [5.74, 6) is 1.09. The predicted molar refractivity (Wildman–Crippen MR) is 102 cm³/mol. The molecule has 2 saturated heterocycles. The van der Waals surface area contributed by atoms with Crippen LogP contribution < -0.4 is 5.32 Å². The van der Waals surface area contributed by atoms with Gasteiger partial charge < -0.3 is 24.8 Å². The predicted octanol–water partition coefficient (Wildman–Crippen LogP) is 0.0646. The summed E-state index contributed by atoms with van der Waals surface area (Å²) < 4.78 is 5.76. The molecule has 1 N–H and O–H groups in total. The highest BCUT2D eigenvalue weighted by Gasteiger charge is 2.22. The fourth-order valence-corrected chi connectivity index (χ4v) is 2.82. The number of halogens is 1. The summed E-state index contributed by atoms with van der Waals surface area (Å²) in [4.78, 5) is 22.5. The Hall–Kier alpha value is -0.610. The summed E-state index contributed by atoms with van der Waals surface area (Å²) in [6.07, 6.45) is 0.172. The molecular weight excluding hydrogens is 409 g/mol. The molecule has 7 nitrogen and oxygen atoms in total. The Kier molecular flexibility index (Phi) is 9.15. The van der Waals surface area contributed by atoms with Gasteiger partial charge in [0.15, 0.2) is 5.96 Å². The molecular formula is C15H30IN5O2. The molecule has 0 spiro atoms. The number of amides is 1. The molecule has 2 heterocycles. The van der Waals surface area contributed by atoms with Crippen molar-refractivity contribution in [3.05, 3.63) is 0 Å². The van der Waals surface area contributed by atoms with Crippen molar-refractivity contribution in [2.45, 2.75) is 20.0 Å². The lowest BCUT2D eigenvalue weighted by atomic mass is 10.3. The minimum absolute atomic E-state index is 0. The molecule has 23 heavy (non-hydrogen) atoms. The minimum atomic E-state index is 0. The Morgan fingerprint density at radius 3 is 2.43 bits per heavy atom. The van der Waals surface area contributed by atoms with Crippen molar-refractivity contribution in [1.29, 1.82) is 0 Å².